The third-order valence-electron chi connectivity index (χ3n) is 9.13. The third kappa shape index (κ3) is 4.12. The standard InChI is InChI=1S/C28H39N3O5/c1-3-17(2)20(16-32)31-24(26(34)30-19-12-8-5-9-13-19)28-15-14-21(36-28)22(23(28)27(31)35)25(33)29-18-10-6-4-7-11-18/h4,6-7,10-11,17,19-24,32H,3,5,8-9,12-16H2,1-2H3,(H,29,33)(H,30,34)/t17-,20-,21+,22-,23-,24?,28?/m0/s1. The lowest BCUT2D eigenvalue weighted by atomic mass is 9.70. The summed E-state index contributed by atoms with van der Waals surface area (Å²) in [5.41, 5.74) is -0.374. The van der Waals surface area contributed by atoms with Gasteiger partial charge >= 0.3 is 0 Å². The van der Waals surface area contributed by atoms with Crippen LogP contribution in [0.1, 0.15) is 65.2 Å². The topological polar surface area (TPSA) is 108 Å². The number of aliphatic hydroxyl groups excluding tert-OH is 1. The zero-order valence-corrected chi connectivity index (χ0v) is 21.3. The Kier molecular flexibility index (Phi) is 7.10. The van der Waals surface area contributed by atoms with Crippen LogP contribution in [0.3, 0.4) is 0 Å². The Morgan fingerprint density at radius 3 is 2.53 bits per heavy atom. The van der Waals surface area contributed by atoms with Gasteiger partial charge in [-0.15, -0.1) is 0 Å². The SMILES string of the molecule is CC[C@H](C)[C@H](CO)N1C(=O)[C@@H]2[C@@H](C(=O)Nc3ccccc3)[C@H]3CCC2(O3)C1C(=O)NC1CCCCC1. The first-order valence-electron chi connectivity index (χ1n) is 13.7. The molecule has 3 N–H and O–H groups in total. The van der Waals surface area contributed by atoms with E-state index < -0.39 is 35.6 Å². The van der Waals surface area contributed by atoms with Crippen molar-refractivity contribution >= 4 is 23.4 Å². The van der Waals surface area contributed by atoms with E-state index in [4.69, 9.17) is 4.74 Å². The highest BCUT2D eigenvalue weighted by Crippen LogP contribution is 2.59. The van der Waals surface area contributed by atoms with Crippen LogP contribution >= 0.6 is 0 Å². The smallest absolute Gasteiger partial charge is 0.246 e. The third-order valence-corrected chi connectivity index (χ3v) is 9.13. The number of nitrogens with one attached hydrogen (secondary N) is 2. The number of rotatable bonds is 8. The van der Waals surface area contributed by atoms with Crippen LogP contribution in [0.4, 0.5) is 5.69 Å². The van der Waals surface area contributed by atoms with Crippen LogP contribution in [0.2, 0.25) is 0 Å². The Hall–Kier alpha value is -2.45. The predicted octanol–water partition coefficient (Wildman–Crippen LogP) is 2.86. The second-order valence-electron chi connectivity index (χ2n) is 11.1. The average molecular weight is 498 g/mol. The van der Waals surface area contributed by atoms with Gasteiger partial charge in [0.1, 0.15) is 11.6 Å². The molecule has 1 spiro atoms. The van der Waals surface area contributed by atoms with Crippen LogP contribution in [0.25, 0.3) is 0 Å². The molecule has 196 valence electrons. The van der Waals surface area contributed by atoms with Crippen molar-refractivity contribution in [3.63, 3.8) is 0 Å². The maximum Gasteiger partial charge on any atom is 0.246 e. The summed E-state index contributed by atoms with van der Waals surface area (Å²) in [6, 6.07) is 7.94. The molecule has 4 aliphatic rings. The molecule has 0 radical (unpaired) electrons. The number of likely N-dealkylation sites (tertiary alicyclic amines) is 1. The van der Waals surface area contributed by atoms with Crippen LogP contribution in [-0.4, -0.2) is 64.2 Å². The lowest BCUT2D eigenvalue weighted by Crippen LogP contribution is -2.60. The molecule has 36 heavy (non-hydrogen) atoms. The number of benzene rings is 1. The molecule has 8 nitrogen and oxygen atoms in total. The summed E-state index contributed by atoms with van der Waals surface area (Å²) in [5, 5.41) is 16.6. The molecular formula is C28H39N3O5. The molecule has 1 aliphatic carbocycles. The minimum absolute atomic E-state index is 0.00653. The van der Waals surface area contributed by atoms with Gasteiger partial charge in [0.05, 0.1) is 30.6 Å². The van der Waals surface area contributed by atoms with Crippen molar-refractivity contribution in [3.05, 3.63) is 30.3 Å². The summed E-state index contributed by atoms with van der Waals surface area (Å²) in [6.07, 6.45) is 6.75. The van der Waals surface area contributed by atoms with Crippen molar-refractivity contribution in [2.75, 3.05) is 11.9 Å². The number of aliphatic hydroxyl groups is 1. The Labute approximate surface area is 213 Å². The molecule has 3 amide bonds. The summed E-state index contributed by atoms with van der Waals surface area (Å²) in [5.74, 6) is -2.10. The number of anilines is 1. The molecule has 2 unspecified atom stereocenters. The lowest BCUT2D eigenvalue weighted by Gasteiger charge is -2.39. The Bertz CT molecular complexity index is 981. The number of fused-ring (bicyclic) bond motifs is 1. The van der Waals surface area contributed by atoms with Gasteiger partial charge < -0.3 is 25.4 Å². The van der Waals surface area contributed by atoms with Crippen LogP contribution in [0, 0.1) is 17.8 Å². The fourth-order valence-corrected chi connectivity index (χ4v) is 7.14. The van der Waals surface area contributed by atoms with Crippen LogP contribution in [0.5, 0.6) is 0 Å². The van der Waals surface area contributed by atoms with Gasteiger partial charge in [0, 0.05) is 11.7 Å². The summed E-state index contributed by atoms with van der Waals surface area (Å²) < 4.78 is 6.52. The monoisotopic (exact) mass is 497 g/mol. The lowest BCUT2D eigenvalue weighted by molar-refractivity contribution is -0.147. The number of nitrogens with zero attached hydrogens (tertiary/aromatic N) is 1. The quantitative estimate of drug-likeness (QED) is 0.512. The molecule has 1 aromatic rings. The van der Waals surface area contributed by atoms with E-state index in [1.807, 2.05) is 44.2 Å². The minimum Gasteiger partial charge on any atom is -0.394 e. The second-order valence-corrected chi connectivity index (χ2v) is 11.1. The van der Waals surface area contributed by atoms with Gasteiger partial charge in [0.15, 0.2) is 0 Å². The van der Waals surface area contributed by atoms with Crippen molar-refractivity contribution in [1.82, 2.24) is 10.2 Å². The number of hydrogen-bond donors (Lipinski definition) is 3. The summed E-state index contributed by atoms with van der Waals surface area (Å²) in [6.45, 7) is 3.78. The molecular weight excluding hydrogens is 458 g/mol. The fraction of sp³-hybridized carbons (Fsp3) is 0.679. The maximum atomic E-state index is 14.1. The van der Waals surface area contributed by atoms with E-state index in [1.165, 1.54) is 6.42 Å². The maximum absolute atomic E-state index is 14.1. The Morgan fingerprint density at radius 1 is 1.14 bits per heavy atom. The molecule has 7 atom stereocenters. The highest BCUT2D eigenvalue weighted by Gasteiger charge is 2.75. The number of para-hydroxylation sites is 1. The number of hydrogen-bond acceptors (Lipinski definition) is 5. The van der Waals surface area contributed by atoms with Gasteiger partial charge in [-0.05, 0) is 43.7 Å². The van der Waals surface area contributed by atoms with Crippen molar-refractivity contribution in [1.29, 1.82) is 0 Å². The molecule has 0 aromatic heterocycles. The van der Waals surface area contributed by atoms with Gasteiger partial charge in [0.25, 0.3) is 0 Å². The molecule has 1 aromatic carbocycles. The minimum atomic E-state index is -1.04. The van der Waals surface area contributed by atoms with E-state index in [2.05, 4.69) is 10.6 Å². The molecule has 5 rings (SSSR count). The van der Waals surface area contributed by atoms with Crippen molar-refractivity contribution < 1.29 is 24.2 Å². The van der Waals surface area contributed by atoms with Crippen LogP contribution in [-0.2, 0) is 19.1 Å². The highest BCUT2D eigenvalue weighted by atomic mass is 16.5. The predicted molar refractivity (Wildman–Crippen MR) is 135 cm³/mol. The van der Waals surface area contributed by atoms with E-state index in [-0.39, 0.29) is 36.3 Å². The number of amides is 3. The summed E-state index contributed by atoms with van der Waals surface area (Å²) >= 11 is 0. The molecule has 1 saturated carbocycles. The van der Waals surface area contributed by atoms with Crippen molar-refractivity contribution in [3.8, 4) is 0 Å². The summed E-state index contributed by atoms with van der Waals surface area (Å²) in [4.78, 5) is 43.2. The van der Waals surface area contributed by atoms with Gasteiger partial charge in [0.2, 0.25) is 17.7 Å². The van der Waals surface area contributed by atoms with Crippen molar-refractivity contribution in [2.45, 2.75) is 95.0 Å². The second kappa shape index (κ2) is 10.1. The first-order valence-corrected chi connectivity index (χ1v) is 13.7. The van der Waals surface area contributed by atoms with Crippen LogP contribution < -0.4 is 10.6 Å². The highest BCUT2D eigenvalue weighted by molar-refractivity contribution is 6.02. The van der Waals surface area contributed by atoms with Gasteiger partial charge in [-0.25, -0.2) is 0 Å². The molecule has 8 heteroatoms. The molecule has 2 bridgehead atoms. The van der Waals surface area contributed by atoms with Crippen LogP contribution in [0.15, 0.2) is 30.3 Å². The Morgan fingerprint density at radius 2 is 1.86 bits per heavy atom. The molecule has 4 fully saturated rings. The number of carbonyl (C=O) groups is 3. The van der Waals surface area contributed by atoms with Gasteiger partial charge in [-0.3, -0.25) is 14.4 Å². The fourth-order valence-electron chi connectivity index (χ4n) is 7.14. The number of carbonyl (C=O) groups excluding carboxylic acids is 3. The van der Waals surface area contributed by atoms with E-state index in [0.717, 1.165) is 32.1 Å². The molecule has 3 heterocycles. The van der Waals surface area contributed by atoms with E-state index >= 15 is 0 Å². The van der Waals surface area contributed by atoms with Gasteiger partial charge in [-0.2, -0.15) is 0 Å². The van der Waals surface area contributed by atoms with E-state index in [1.54, 1.807) is 4.90 Å². The summed E-state index contributed by atoms with van der Waals surface area (Å²) in [7, 11) is 0. The largest absolute Gasteiger partial charge is 0.394 e. The Balaban J connectivity index is 1.48. The average Bonchev–Trinajstić information content (AvgIpc) is 3.53. The molecule has 3 saturated heterocycles. The number of ether oxygens (including phenoxy) is 1. The zero-order valence-electron chi connectivity index (χ0n) is 21.3. The first kappa shape index (κ1) is 25.2. The van der Waals surface area contributed by atoms with Gasteiger partial charge in [-0.1, -0.05) is 57.7 Å². The van der Waals surface area contributed by atoms with E-state index in [9.17, 15) is 19.5 Å². The van der Waals surface area contributed by atoms with E-state index in [0.29, 0.717) is 18.5 Å². The zero-order chi connectivity index (χ0) is 25.4. The van der Waals surface area contributed by atoms with Crippen molar-refractivity contribution in [2.24, 2.45) is 17.8 Å². The first-order chi connectivity index (χ1) is 17.4. The molecule has 3 aliphatic heterocycles. The normalized spacial score (nSPS) is 33.3.